The first-order chi connectivity index (χ1) is 8.61. The fourth-order valence-corrected chi connectivity index (χ4v) is 1.77. The van der Waals surface area contributed by atoms with Gasteiger partial charge in [-0.25, -0.2) is 0 Å². The lowest BCUT2D eigenvalue weighted by molar-refractivity contribution is 0.0983. The number of nitrogens with zero attached hydrogens (tertiary/aromatic N) is 3. The lowest BCUT2D eigenvalue weighted by atomic mass is 10.2. The highest BCUT2D eigenvalue weighted by Gasteiger charge is 2.18. The van der Waals surface area contributed by atoms with E-state index in [0.29, 0.717) is 17.9 Å². The Hall–Kier alpha value is -2.30. The van der Waals surface area contributed by atoms with Gasteiger partial charge in [-0.3, -0.25) is 9.48 Å². The number of rotatable bonds is 3. The Morgan fingerprint density at radius 1 is 1.44 bits per heavy atom. The molecule has 5 nitrogen and oxygen atoms in total. The Morgan fingerprint density at radius 2 is 2.22 bits per heavy atom. The average molecular weight is 245 g/mol. The summed E-state index contributed by atoms with van der Waals surface area (Å²) in [5.41, 5.74) is 1.05. The van der Waals surface area contributed by atoms with E-state index in [1.165, 1.54) is 0 Å². The zero-order valence-corrected chi connectivity index (χ0v) is 10.4. The second-order valence-corrected chi connectivity index (χ2v) is 3.94. The summed E-state index contributed by atoms with van der Waals surface area (Å²) in [6, 6.07) is 8.30. The average Bonchev–Trinajstić information content (AvgIpc) is 2.77. The summed E-state index contributed by atoms with van der Waals surface area (Å²) < 4.78 is 1.59. The van der Waals surface area contributed by atoms with E-state index in [1.54, 1.807) is 53.2 Å². The van der Waals surface area contributed by atoms with E-state index >= 15 is 0 Å². The van der Waals surface area contributed by atoms with Crippen molar-refractivity contribution in [2.45, 2.75) is 6.92 Å². The largest absolute Gasteiger partial charge is 0.508 e. The van der Waals surface area contributed by atoms with Crippen molar-refractivity contribution in [1.29, 1.82) is 0 Å². The highest BCUT2D eigenvalue weighted by molar-refractivity contribution is 6.04. The van der Waals surface area contributed by atoms with Crippen LogP contribution in [0.4, 0.5) is 5.69 Å². The third-order valence-electron chi connectivity index (χ3n) is 2.64. The zero-order chi connectivity index (χ0) is 13.1. The van der Waals surface area contributed by atoms with Gasteiger partial charge in [0.05, 0.1) is 0 Å². The highest BCUT2D eigenvalue weighted by atomic mass is 16.3. The molecule has 0 spiro atoms. The number of anilines is 1. The van der Waals surface area contributed by atoms with Gasteiger partial charge in [-0.1, -0.05) is 6.07 Å². The summed E-state index contributed by atoms with van der Waals surface area (Å²) in [6.07, 6.45) is 1.73. The topological polar surface area (TPSA) is 58.4 Å². The van der Waals surface area contributed by atoms with Crippen LogP contribution >= 0.6 is 0 Å². The Labute approximate surface area is 105 Å². The first kappa shape index (κ1) is 12.2. The molecule has 18 heavy (non-hydrogen) atoms. The summed E-state index contributed by atoms with van der Waals surface area (Å²) in [5.74, 6) is -0.0385. The predicted octanol–water partition coefficient (Wildman–Crippen LogP) is 1.79. The Balaban J connectivity index is 2.31. The van der Waals surface area contributed by atoms with Crippen LogP contribution in [0.3, 0.4) is 0 Å². The Bertz CT molecular complexity index is 563. The maximum Gasteiger partial charge on any atom is 0.278 e. The molecule has 1 N–H and O–H groups in total. The van der Waals surface area contributed by atoms with Gasteiger partial charge in [0, 0.05) is 31.5 Å². The van der Waals surface area contributed by atoms with Crippen LogP contribution in [0.2, 0.25) is 0 Å². The zero-order valence-electron chi connectivity index (χ0n) is 10.4. The summed E-state index contributed by atoms with van der Waals surface area (Å²) >= 11 is 0. The van der Waals surface area contributed by atoms with E-state index in [1.807, 2.05) is 6.92 Å². The van der Waals surface area contributed by atoms with Gasteiger partial charge in [-0.05, 0) is 25.1 Å². The standard InChI is InChI=1S/C13H15N3O2/c1-3-16(10-5-4-6-11(17)9-10)13(18)12-7-8-15(2)14-12/h4-9,17H,3H2,1-2H3. The predicted molar refractivity (Wildman–Crippen MR) is 68.7 cm³/mol. The third-order valence-corrected chi connectivity index (χ3v) is 2.64. The number of aromatic hydroxyl groups is 1. The molecule has 0 saturated heterocycles. The van der Waals surface area contributed by atoms with Crippen LogP contribution in [0.5, 0.6) is 5.75 Å². The molecular formula is C13H15N3O2. The van der Waals surface area contributed by atoms with Gasteiger partial charge >= 0.3 is 0 Å². The van der Waals surface area contributed by atoms with E-state index < -0.39 is 0 Å². The SMILES string of the molecule is CCN(C(=O)c1ccn(C)n1)c1cccc(O)c1. The van der Waals surface area contributed by atoms with Crippen LogP contribution in [-0.4, -0.2) is 27.3 Å². The van der Waals surface area contributed by atoms with E-state index in [9.17, 15) is 9.90 Å². The molecule has 1 aromatic heterocycles. The van der Waals surface area contributed by atoms with Gasteiger partial charge < -0.3 is 10.0 Å². The van der Waals surface area contributed by atoms with Gasteiger partial charge in [0.2, 0.25) is 0 Å². The fourth-order valence-electron chi connectivity index (χ4n) is 1.77. The molecule has 5 heteroatoms. The van der Waals surface area contributed by atoms with Crippen LogP contribution in [0, 0.1) is 0 Å². The molecule has 0 unspecified atom stereocenters. The summed E-state index contributed by atoms with van der Waals surface area (Å²) in [5, 5.41) is 13.5. The highest BCUT2D eigenvalue weighted by Crippen LogP contribution is 2.21. The number of amides is 1. The van der Waals surface area contributed by atoms with Crippen LogP contribution in [-0.2, 0) is 7.05 Å². The van der Waals surface area contributed by atoms with Crippen LogP contribution in [0.25, 0.3) is 0 Å². The van der Waals surface area contributed by atoms with Crippen molar-refractivity contribution in [2.75, 3.05) is 11.4 Å². The van der Waals surface area contributed by atoms with Crippen LogP contribution in [0.1, 0.15) is 17.4 Å². The first-order valence-corrected chi connectivity index (χ1v) is 5.72. The smallest absolute Gasteiger partial charge is 0.278 e. The molecule has 94 valence electrons. The maximum absolute atomic E-state index is 12.3. The van der Waals surface area contributed by atoms with Gasteiger partial charge in [0.25, 0.3) is 5.91 Å². The van der Waals surface area contributed by atoms with E-state index in [2.05, 4.69) is 5.10 Å². The minimum Gasteiger partial charge on any atom is -0.508 e. The normalized spacial score (nSPS) is 10.3. The van der Waals surface area contributed by atoms with Gasteiger partial charge in [0.1, 0.15) is 5.75 Å². The van der Waals surface area contributed by atoms with Crippen molar-refractivity contribution < 1.29 is 9.90 Å². The summed E-state index contributed by atoms with van der Waals surface area (Å²) in [7, 11) is 1.77. The van der Waals surface area contributed by atoms with Gasteiger partial charge in [-0.15, -0.1) is 0 Å². The van der Waals surface area contributed by atoms with Crippen molar-refractivity contribution in [2.24, 2.45) is 7.05 Å². The number of phenolic OH excluding ortho intramolecular Hbond substituents is 1. The second kappa shape index (κ2) is 4.91. The second-order valence-electron chi connectivity index (χ2n) is 3.94. The first-order valence-electron chi connectivity index (χ1n) is 5.72. The number of phenols is 1. The lowest BCUT2D eigenvalue weighted by Gasteiger charge is -2.20. The molecular weight excluding hydrogens is 230 g/mol. The number of hydrogen-bond acceptors (Lipinski definition) is 3. The molecule has 1 amide bonds. The van der Waals surface area contributed by atoms with E-state index in [4.69, 9.17) is 0 Å². The molecule has 0 radical (unpaired) electrons. The van der Waals surface area contributed by atoms with E-state index in [-0.39, 0.29) is 11.7 Å². The van der Waals surface area contributed by atoms with Gasteiger partial charge in [-0.2, -0.15) is 5.10 Å². The van der Waals surface area contributed by atoms with Crippen LogP contribution < -0.4 is 4.90 Å². The van der Waals surface area contributed by atoms with Crippen molar-refractivity contribution in [1.82, 2.24) is 9.78 Å². The van der Waals surface area contributed by atoms with Gasteiger partial charge in [0.15, 0.2) is 5.69 Å². The molecule has 1 heterocycles. The third kappa shape index (κ3) is 2.34. The van der Waals surface area contributed by atoms with Crippen LogP contribution in [0.15, 0.2) is 36.5 Å². The molecule has 0 fully saturated rings. The fraction of sp³-hybridized carbons (Fsp3) is 0.231. The molecule has 0 atom stereocenters. The molecule has 0 aliphatic carbocycles. The molecule has 2 rings (SSSR count). The van der Waals surface area contributed by atoms with E-state index in [0.717, 1.165) is 0 Å². The number of carbonyl (C=O) groups is 1. The molecule has 0 saturated carbocycles. The maximum atomic E-state index is 12.3. The molecule has 0 bridgehead atoms. The Kier molecular flexibility index (Phi) is 3.32. The molecule has 1 aromatic carbocycles. The minimum atomic E-state index is -0.177. The molecule has 2 aromatic rings. The quantitative estimate of drug-likeness (QED) is 0.896. The number of hydrogen-bond donors (Lipinski definition) is 1. The number of carbonyl (C=O) groups excluding carboxylic acids is 1. The van der Waals surface area contributed by atoms with Crippen molar-refractivity contribution >= 4 is 11.6 Å². The number of benzene rings is 1. The van der Waals surface area contributed by atoms with Crippen molar-refractivity contribution in [3.63, 3.8) is 0 Å². The van der Waals surface area contributed by atoms with Crippen molar-refractivity contribution in [3.8, 4) is 5.75 Å². The number of aryl methyl sites for hydroxylation is 1. The minimum absolute atomic E-state index is 0.139. The van der Waals surface area contributed by atoms with Crippen molar-refractivity contribution in [3.05, 3.63) is 42.2 Å². The Morgan fingerprint density at radius 3 is 2.78 bits per heavy atom. The molecule has 0 aliphatic rings. The number of aromatic nitrogens is 2. The molecule has 0 aliphatic heterocycles. The monoisotopic (exact) mass is 245 g/mol. The lowest BCUT2D eigenvalue weighted by Crippen LogP contribution is -2.31. The summed E-state index contributed by atoms with van der Waals surface area (Å²) in [6.45, 7) is 2.39. The summed E-state index contributed by atoms with van der Waals surface area (Å²) in [4.78, 5) is 13.8.